The molecule has 1 aromatic heterocycles. The number of hydrogen-bond acceptors (Lipinski definition) is 4. The van der Waals surface area contributed by atoms with Crippen molar-refractivity contribution in [2.75, 3.05) is 5.73 Å². The van der Waals surface area contributed by atoms with Crippen LogP contribution in [-0.4, -0.2) is 10.1 Å². The van der Waals surface area contributed by atoms with E-state index < -0.39 is 0 Å². The Morgan fingerprint density at radius 1 is 1.41 bits per heavy atom. The minimum absolute atomic E-state index is 0.388. The Morgan fingerprint density at radius 3 is 2.94 bits per heavy atom. The predicted octanol–water partition coefficient (Wildman–Crippen LogP) is 3.31. The summed E-state index contributed by atoms with van der Waals surface area (Å²) >= 11 is 6.07. The van der Waals surface area contributed by atoms with Crippen LogP contribution >= 0.6 is 11.6 Å². The molecule has 2 rings (SSSR count). The molecule has 0 unspecified atom stereocenters. The summed E-state index contributed by atoms with van der Waals surface area (Å²) in [5, 5.41) is 4.44. The van der Waals surface area contributed by atoms with Crippen molar-refractivity contribution in [2.45, 2.75) is 26.2 Å². The van der Waals surface area contributed by atoms with E-state index in [2.05, 4.69) is 17.1 Å². The van der Waals surface area contributed by atoms with Crippen LogP contribution in [0, 0.1) is 0 Å². The van der Waals surface area contributed by atoms with Crippen LogP contribution in [0.1, 0.15) is 25.6 Å². The zero-order valence-corrected chi connectivity index (χ0v) is 10.4. The third-order valence-corrected chi connectivity index (χ3v) is 2.80. The summed E-state index contributed by atoms with van der Waals surface area (Å²) in [5.74, 6) is 1.08. The largest absolute Gasteiger partial charge is 0.398 e. The van der Waals surface area contributed by atoms with Crippen LogP contribution in [0.3, 0.4) is 0 Å². The van der Waals surface area contributed by atoms with E-state index in [0.717, 1.165) is 19.3 Å². The van der Waals surface area contributed by atoms with E-state index in [0.29, 0.717) is 28.0 Å². The first-order valence-electron chi connectivity index (χ1n) is 5.59. The molecule has 90 valence electrons. The van der Waals surface area contributed by atoms with Crippen LogP contribution in [0.5, 0.6) is 0 Å². The summed E-state index contributed by atoms with van der Waals surface area (Å²) in [6.07, 6.45) is 2.94. The lowest BCUT2D eigenvalue weighted by molar-refractivity contribution is 0.421. The van der Waals surface area contributed by atoms with Gasteiger partial charge in [-0.05, 0) is 18.6 Å². The number of nitrogens with zero attached hydrogens (tertiary/aromatic N) is 2. The number of anilines is 1. The average Bonchev–Trinajstić information content (AvgIpc) is 2.75. The lowest BCUT2D eigenvalue weighted by Crippen LogP contribution is -1.91. The Balaban J connectivity index is 2.30. The summed E-state index contributed by atoms with van der Waals surface area (Å²) < 4.78 is 5.18. The molecule has 1 aromatic carbocycles. The number of nitrogens with two attached hydrogens (primary N) is 1. The van der Waals surface area contributed by atoms with Crippen molar-refractivity contribution in [1.29, 1.82) is 0 Å². The van der Waals surface area contributed by atoms with Crippen LogP contribution in [0.2, 0.25) is 5.02 Å². The molecule has 0 fully saturated rings. The molecule has 0 radical (unpaired) electrons. The van der Waals surface area contributed by atoms with E-state index in [1.165, 1.54) is 0 Å². The van der Waals surface area contributed by atoms with Crippen LogP contribution in [0.25, 0.3) is 11.5 Å². The second-order valence-corrected chi connectivity index (χ2v) is 4.23. The molecule has 0 aliphatic carbocycles. The van der Waals surface area contributed by atoms with Gasteiger partial charge in [0.1, 0.15) is 0 Å². The van der Waals surface area contributed by atoms with Gasteiger partial charge in [0.25, 0.3) is 5.89 Å². The molecule has 2 aromatic rings. The summed E-state index contributed by atoms with van der Waals surface area (Å²) in [7, 11) is 0. The highest BCUT2D eigenvalue weighted by molar-refractivity contribution is 6.33. The second kappa shape index (κ2) is 5.19. The van der Waals surface area contributed by atoms with E-state index in [-0.39, 0.29) is 0 Å². The maximum atomic E-state index is 6.07. The Morgan fingerprint density at radius 2 is 2.24 bits per heavy atom. The van der Waals surface area contributed by atoms with Gasteiger partial charge in [0.2, 0.25) is 0 Å². The highest BCUT2D eigenvalue weighted by atomic mass is 35.5. The van der Waals surface area contributed by atoms with Crippen molar-refractivity contribution in [3.8, 4) is 11.5 Å². The number of nitrogen functional groups attached to an aromatic ring is 1. The number of benzene rings is 1. The first-order valence-corrected chi connectivity index (χ1v) is 5.97. The van der Waals surface area contributed by atoms with Gasteiger partial charge in [-0.15, -0.1) is 0 Å². The zero-order valence-electron chi connectivity index (χ0n) is 9.61. The molecule has 0 aliphatic heterocycles. The normalized spacial score (nSPS) is 10.7. The van der Waals surface area contributed by atoms with Crippen LogP contribution < -0.4 is 5.73 Å². The molecule has 5 heteroatoms. The van der Waals surface area contributed by atoms with Crippen molar-refractivity contribution in [3.63, 3.8) is 0 Å². The molecule has 0 atom stereocenters. The average molecular weight is 252 g/mol. The standard InChI is InChI=1S/C12H14ClN3O/c1-2-3-7-10-15-12(17-16-10)11-8(13)5-4-6-9(11)14/h4-6H,2-3,7,14H2,1H3. The number of aromatic nitrogens is 2. The van der Waals surface area contributed by atoms with E-state index in [4.69, 9.17) is 21.9 Å². The van der Waals surface area contributed by atoms with Crippen molar-refractivity contribution < 1.29 is 4.52 Å². The fourth-order valence-corrected chi connectivity index (χ4v) is 1.82. The first-order chi connectivity index (χ1) is 8.22. The van der Waals surface area contributed by atoms with Gasteiger partial charge >= 0.3 is 0 Å². The second-order valence-electron chi connectivity index (χ2n) is 3.82. The van der Waals surface area contributed by atoms with Gasteiger partial charge in [-0.1, -0.05) is 36.2 Å². The topological polar surface area (TPSA) is 64.9 Å². The predicted molar refractivity (Wildman–Crippen MR) is 67.8 cm³/mol. The number of unbranched alkanes of at least 4 members (excludes halogenated alkanes) is 1. The fraction of sp³-hybridized carbons (Fsp3) is 0.333. The SMILES string of the molecule is CCCCc1noc(-c2c(N)cccc2Cl)n1. The van der Waals surface area contributed by atoms with Crippen LogP contribution in [0.4, 0.5) is 5.69 Å². The molecule has 1 heterocycles. The number of rotatable bonds is 4. The van der Waals surface area contributed by atoms with E-state index >= 15 is 0 Å². The van der Waals surface area contributed by atoms with Gasteiger partial charge in [-0.2, -0.15) is 4.98 Å². The summed E-state index contributed by atoms with van der Waals surface area (Å²) in [6.45, 7) is 2.12. The molecular weight excluding hydrogens is 238 g/mol. The minimum Gasteiger partial charge on any atom is -0.398 e. The minimum atomic E-state index is 0.388. The maximum absolute atomic E-state index is 6.07. The Hall–Kier alpha value is -1.55. The van der Waals surface area contributed by atoms with Gasteiger partial charge in [-0.3, -0.25) is 0 Å². The molecule has 0 saturated heterocycles. The summed E-state index contributed by atoms with van der Waals surface area (Å²) in [5.41, 5.74) is 7.01. The van der Waals surface area contributed by atoms with Crippen molar-refractivity contribution in [3.05, 3.63) is 29.0 Å². The monoisotopic (exact) mass is 251 g/mol. The lowest BCUT2D eigenvalue weighted by atomic mass is 10.2. The van der Waals surface area contributed by atoms with Crippen molar-refractivity contribution in [2.24, 2.45) is 0 Å². The quantitative estimate of drug-likeness (QED) is 0.847. The van der Waals surface area contributed by atoms with Crippen molar-refractivity contribution in [1.82, 2.24) is 10.1 Å². The van der Waals surface area contributed by atoms with Gasteiger partial charge in [-0.25, -0.2) is 0 Å². The number of halogens is 1. The Labute approximate surface area is 105 Å². The third-order valence-electron chi connectivity index (χ3n) is 2.48. The molecular formula is C12H14ClN3O. The fourth-order valence-electron chi connectivity index (χ4n) is 1.56. The summed E-state index contributed by atoms with van der Waals surface area (Å²) in [4.78, 5) is 4.30. The molecule has 0 amide bonds. The van der Waals surface area contributed by atoms with Crippen LogP contribution in [-0.2, 0) is 6.42 Å². The molecule has 0 aliphatic rings. The van der Waals surface area contributed by atoms with E-state index in [1.54, 1.807) is 18.2 Å². The van der Waals surface area contributed by atoms with Crippen LogP contribution in [0.15, 0.2) is 22.7 Å². The number of aryl methyl sites for hydroxylation is 1. The van der Waals surface area contributed by atoms with Gasteiger partial charge in [0.05, 0.1) is 10.6 Å². The van der Waals surface area contributed by atoms with Gasteiger partial charge in [0.15, 0.2) is 5.82 Å². The molecule has 2 N–H and O–H groups in total. The molecule has 17 heavy (non-hydrogen) atoms. The molecule has 0 bridgehead atoms. The highest BCUT2D eigenvalue weighted by Crippen LogP contribution is 2.31. The Bertz CT molecular complexity index is 490. The summed E-state index contributed by atoms with van der Waals surface area (Å²) in [6, 6.07) is 5.30. The smallest absolute Gasteiger partial charge is 0.261 e. The lowest BCUT2D eigenvalue weighted by Gasteiger charge is -2.01. The number of hydrogen-bond donors (Lipinski definition) is 1. The van der Waals surface area contributed by atoms with E-state index in [1.807, 2.05) is 0 Å². The van der Waals surface area contributed by atoms with Gasteiger partial charge < -0.3 is 10.3 Å². The van der Waals surface area contributed by atoms with Gasteiger partial charge in [0, 0.05) is 12.1 Å². The highest BCUT2D eigenvalue weighted by Gasteiger charge is 2.14. The Kier molecular flexibility index (Phi) is 3.64. The maximum Gasteiger partial charge on any atom is 0.261 e. The molecule has 0 saturated carbocycles. The molecule has 4 nitrogen and oxygen atoms in total. The first kappa shape index (κ1) is 11.9. The van der Waals surface area contributed by atoms with Crippen molar-refractivity contribution >= 4 is 17.3 Å². The van der Waals surface area contributed by atoms with E-state index in [9.17, 15) is 0 Å². The third kappa shape index (κ3) is 2.58. The molecule has 0 spiro atoms. The zero-order chi connectivity index (χ0) is 12.3.